The first kappa shape index (κ1) is 16.4. The van der Waals surface area contributed by atoms with E-state index in [4.69, 9.17) is 0 Å². The fraction of sp³-hybridized carbons (Fsp3) is 0.562. The number of hydrogen-bond donors (Lipinski definition) is 2. The van der Waals surface area contributed by atoms with Crippen LogP contribution < -0.4 is 10.6 Å². The SMILES string of the molecule is CNCCC(=O)N1CCCC(C(=O)Nc2ccc(C)cn2)C1. The third-order valence-electron chi connectivity index (χ3n) is 3.90. The highest BCUT2D eigenvalue weighted by atomic mass is 16.2. The van der Waals surface area contributed by atoms with Gasteiger partial charge in [-0.3, -0.25) is 9.59 Å². The number of anilines is 1. The van der Waals surface area contributed by atoms with Crippen molar-refractivity contribution in [1.29, 1.82) is 0 Å². The van der Waals surface area contributed by atoms with E-state index in [1.54, 1.807) is 17.2 Å². The second-order valence-corrected chi connectivity index (χ2v) is 5.74. The van der Waals surface area contributed by atoms with Gasteiger partial charge in [0.2, 0.25) is 11.8 Å². The second kappa shape index (κ2) is 7.89. The Morgan fingerprint density at radius 1 is 1.41 bits per heavy atom. The van der Waals surface area contributed by atoms with E-state index in [0.29, 0.717) is 25.3 Å². The summed E-state index contributed by atoms with van der Waals surface area (Å²) in [6.45, 7) is 3.86. The quantitative estimate of drug-likeness (QED) is 0.856. The van der Waals surface area contributed by atoms with Gasteiger partial charge in [-0.2, -0.15) is 0 Å². The van der Waals surface area contributed by atoms with Gasteiger partial charge in [0, 0.05) is 32.3 Å². The van der Waals surface area contributed by atoms with Crippen LogP contribution in [-0.2, 0) is 9.59 Å². The highest BCUT2D eigenvalue weighted by Crippen LogP contribution is 2.19. The van der Waals surface area contributed by atoms with Gasteiger partial charge in [-0.15, -0.1) is 0 Å². The molecule has 2 heterocycles. The number of aryl methyl sites for hydroxylation is 1. The Morgan fingerprint density at radius 3 is 2.91 bits per heavy atom. The molecule has 0 spiro atoms. The summed E-state index contributed by atoms with van der Waals surface area (Å²) in [5.41, 5.74) is 1.05. The molecule has 22 heavy (non-hydrogen) atoms. The molecule has 1 saturated heterocycles. The Bertz CT molecular complexity index is 515. The van der Waals surface area contributed by atoms with Gasteiger partial charge >= 0.3 is 0 Å². The molecule has 0 saturated carbocycles. The van der Waals surface area contributed by atoms with Gasteiger partial charge < -0.3 is 15.5 Å². The number of rotatable bonds is 5. The highest BCUT2D eigenvalue weighted by Gasteiger charge is 2.28. The zero-order chi connectivity index (χ0) is 15.9. The summed E-state index contributed by atoms with van der Waals surface area (Å²) in [6, 6.07) is 3.71. The fourth-order valence-corrected chi connectivity index (χ4v) is 2.58. The molecule has 1 aliphatic rings. The predicted molar refractivity (Wildman–Crippen MR) is 85.5 cm³/mol. The van der Waals surface area contributed by atoms with Crippen molar-refractivity contribution in [1.82, 2.24) is 15.2 Å². The van der Waals surface area contributed by atoms with Crippen LogP contribution in [0.1, 0.15) is 24.8 Å². The van der Waals surface area contributed by atoms with Gasteiger partial charge in [0.05, 0.1) is 5.92 Å². The van der Waals surface area contributed by atoms with Crippen molar-refractivity contribution < 1.29 is 9.59 Å². The monoisotopic (exact) mass is 304 g/mol. The molecule has 120 valence electrons. The second-order valence-electron chi connectivity index (χ2n) is 5.74. The van der Waals surface area contributed by atoms with Gasteiger partial charge in [-0.05, 0) is 38.4 Å². The van der Waals surface area contributed by atoms with Crippen LogP contribution in [0.15, 0.2) is 18.3 Å². The molecule has 0 bridgehead atoms. The molecule has 1 aromatic heterocycles. The molecule has 2 N–H and O–H groups in total. The summed E-state index contributed by atoms with van der Waals surface area (Å²) in [6.07, 6.45) is 3.88. The lowest BCUT2D eigenvalue weighted by atomic mass is 9.97. The minimum absolute atomic E-state index is 0.0533. The van der Waals surface area contributed by atoms with E-state index in [1.165, 1.54) is 0 Å². The lowest BCUT2D eigenvalue weighted by Gasteiger charge is -2.32. The predicted octanol–water partition coefficient (Wildman–Crippen LogP) is 1.18. The van der Waals surface area contributed by atoms with Crippen LogP contribution in [-0.4, -0.2) is 48.4 Å². The smallest absolute Gasteiger partial charge is 0.230 e. The van der Waals surface area contributed by atoms with Gasteiger partial charge in [0.1, 0.15) is 5.82 Å². The number of piperidine rings is 1. The molecule has 2 rings (SSSR count). The molecule has 2 amide bonds. The van der Waals surface area contributed by atoms with E-state index in [9.17, 15) is 9.59 Å². The van der Waals surface area contributed by atoms with Crippen LogP contribution in [0.5, 0.6) is 0 Å². The number of likely N-dealkylation sites (tertiary alicyclic amines) is 1. The minimum Gasteiger partial charge on any atom is -0.342 e. The van der Waals surface area contributed by atoms with E-state index in [1.807, 2.05) is 20.0 Å². The molecule has 1 aliphatic heterocycles. The maximum absolute atomic E-state index is 12.3. The Balaban J connectivity index is 1.89. The molecule has 1 unspecified atom stereocenters. The van der Waals surface area contributed by atoms with Crippen molar-refractivity contribution in [2.75, 3.05) is 32.0 Å². The molecule has 0 radical (unpaired) electrons. The van der Waals surface area contributed by atoms with E-state index in [0.717, 1.165) is 24.9 Å². The summed E-state index contributed by atoms with van der Waals surface area (Å²) in [5.74, 6) is 0.465. The average molecular weight is 304 g/mol. The number of amides is 2. The summed E-state index contributed by atoms with van der Waals surface area (Å²) < 4.78 is 0. The lowest BCUT2D eigenvalue weighted by Crippen LogP contribution is -2.44. The Hall–Kier alpha value is -1.95. The molecule has 0 aliphatic carbocycles. The Morgan fingerprint density at radius 2 is 2.23 bits per heavy atom. The van der Waals surface area contributed by atoms with Gasteiger partial charge in [-0.1, -0.05) is 6.07 Å². The molecule has 0 aromatic carbocycles. The van der Waals surface area contributed by atoms with Gasteiger partial charge in [0.15, 0.2) is 0 Å². The summed E-state index contributed by atoms with van der Waals surface area (Å²) in [4.78, 5) is 30.4. The van der Waals surface area contributed by atoms with Crippen molar-refractivity contribution in [2.45, 2.75) is 26.2 Å². The van der Waals surface area contributed by atoms with Crippen molar-refractivity contribution in [2.24, 2.45) is 5.92 Å². The third kappa shape index (κ3) is 4.53. The summed E-state index contributed by atoms with van der Waals surface area (Å²) in [7, 11) is 1.83. The first-order valence-corrected chi connectivity index (χ1v) is 7.76. The molecule has 1 aromatic rings. The number of hydrogen-bond acceptors (Lipinski definition) is 4. The topological polar surface area (TPSA) is 74.3 Å². The van der Waals surface area contributed by atoms with Crippen LogP contribution >= 0.6 is 0 Å². The van der Waals surface area contributed by atoms with Crippen LogP contribution in [0.4, 0.5) is 5.82 Å². The first-order valence-electron chi connectivity index (χ1n) is 7.76. The number of aromatic nitrogens is 1. The number of carbonyl (C=O) groups excluding carboxylic acids is 2. The van der Waals surface area contributed by atoms with Crippen molar-refractivity contribution in [3.63, 3.8) is 0 Å². The zero-order valence-electron chi connectivity index (χ0n) is 13.3. The van der Waals surface area contributed by atoms with E-state index in [-0.39, 0.29) is 17.7 Å². The zero-order valence-corrected chi connectivity index (χ0v) is 13.3. The van der Waals surface area contributed by atoms with Crippen LogP contribution in [0.25, 0.3) is 0 Å². The molecule has 1 fully saturated rings. The first-order chi connectivity index (χ1) is 10.6. The van der Waals surface area contributed by atoms with Gasteiger partial charge in [-0.25, -0.2) is 4.98 Å². The summed E-state index contributed by atoms with van der Waals surface area (Å²) >= 11 is 0. The molecule has 6 heteroatoms. The maximum Gasteiger partial charge on any atom is 0.230 e. The van der Waals surface area contributed by atoms with Crippen molar-refractivity contribution in [3.8, 4) is 0 Å². The van der Waals surface area contributed by atoms with E-state index in [2.05, 4.69) is 15.6 Å². The molecule has 1 atom stereocenters. The number of carbonyl (C=O) groups is 2. The number of nitrogens with one attached hydrogen (secondary N) is 2. The number of nitrogens with zero attached hydrogens (tertiary/aromatic N) is 2. The Labute approximate surface area is 131 Å². The third-order valence-corrected chi connectivity index (χ3v) is 3.90. The highest BCUT2D eigenvalue weighted by molar-refractivity contribution is 5.92. The van der Waals surface area contributed by atoms with Crippen molar-refractivity contribution >= 4 is 17.6 Å². The van der Waals surface area contributed by atoms with Crippen LogP contribution in [0, 0.1) is 12.8 Å². The molecular weight excluding hydrogens is 280 g/mol. The van der Waals surface area contributed by atoms with Crippen LogP contribution in [0.3, 0.4) is 0 Å². The normalized spacial score (nSPS) is 18.1. The van der Waals surface area contributed by atoms with Crippen LogP contribution in [0.2, 0.25) is 0 Å². The maximum atomic E-state index is 12.3. The average Bonchev–Trinajstić information content (AvgIpc) is 2.54. The minimum atomic E-state index is -0.157. The van der Waals surface area contributed by atoms with E-state index >= 15 is 0 Å². The fourth-order valence-electron chi connectivity index (χ4n) is 2.58. The summed E-state index contributed by atoms with van der Waals surface area (Å²) in [5, 5.41) is 5.81. The molecule has 6 nitrogen and oxygen atoms in total. The molecular formula is C16H24N4O2. The Kier molecular flexibility index (Phi) is 5.89. The van der Waals surface area contributed by atoms with Gasteiger partial charge in [0.25, 0.3) is 0 Å². The standard InChI is InChI=1S/C16H24N4O2/c1-12-5-6-14(18-10-12)19-16(22)13-4-3-9-20(11-13)15(21)7-8-17-2/h5-6,10,13,17H,3-4,7-9,11H2,1-2H3,(H,18,19,22). The lowest BCUT2D eigenvalue weighted by molar-refractivity contribution is -0.134. The number of pyridine rings is 1. The largest absolute Gasteiger partial charge is 0.342 e. The van der Waals surface area contributed by atoms with Crippen molar-refractivity contribution in [3.05, 3.63) is 23.9 Å². The van der Waals surface area contributed by atoms with E-state index < -0.39 is 0 Å².